The molecule has 4 rings (SSSR count). The van der Waals surface area contributed by atoms with E-state index in [1.54, 1.807) is 7.11 Å². The number of benzene rings is 1. The van der Waals surface area contributed by atoms with Gasteiger partial charge in [0.25, 0.3) is 0 Å². The molecule has 1 aliphatic heterocycles. The lowest BCUT2D eigenvalue weighted by atomic mass is 10.2. The highest BCUT2D eigenvalue weighted by Crippen LogP contribution is 2.34. The average molecular weight is 407 g/mol. The second kappa shape index (κ2) is 7.60. The van der Waals surface area contributed by atoms with Crippen molar-refractivity contribution in [2.75, 3.05) is 38.2 Å². The fourth-order valence-electron chi connectivity index (χ4n) is 3.46. The van der Waals surface area contributed by atoms with Gasteiger partial charge in [0.15, 0.2) is 0 Å². The summed E-state index contributed by atoms with van der Waals surface area (Å²) < 4.78 is 44.6. The molecule has 8 heteroatoms. The number of alkyl halides is 3. The molecule has 0 saturated carbocycles. The molecule has 148 valence electrons. The molecule has 0 unspecified atom stereocenters. The molecule has 0 N–H and O–H groups in total. The number of hydrogen-bond donors (Lipinski definition) is 0. The predicted molar refractivity (Wildman–Crippen MR) is 105 cm³/mol. The average Bonchev–Trinajstić information content (AvgIpc) is 3.09. The van der Waals surface area contributed by atoms with Gasteiger partial charge in [0.1, 0.15) is 5.75 Å². The fourth-order valence-corrected chi connectivity index (χ4v) is 4.56. The molecular weight excluding hydrogens is 387 g/mol. The van der Waals surface area contributed by atoms with Crippen LogP contribution in [0.25, 0.3) is 10.2 Å². The zero-order valence-electron chi connectivity index (χ0n) is 15.4. The van der Waals surface area contributed by atoms with E-state index in [2.05, 4.69) is 20.9 Å². The topological polar surface area (TPSA) is 28.6 Å². The van der Waals surface area contributed by atoms with Crippen molar-refractivity contribution in [2.24, 2.45) is 0 Å². The molecule has 0 radical (unpaired) electrons. The maximum absolute atomic E-state index is 12.9. The first-order valence-electron chi connectivity index (χ1n) is 9.00. The minimum Gasteiger partial charge on any atom is -0.495 e. The highest BCUT2D eigenvalue weighted by molar-refractivity contribution is 7.19. The van der Waals surface area contributed by atoms with Crippen LogP contribution in [0.3, 0.4) is 0 Å². The van der Waals surface area contributed by atoms with Gasteiger partial charge in [-0.15, -0.1) is 11.3 Å². The Morgan fingerprint density at radius 2 is 1.86 bits per heavy atom. The Morgan fingerprint density at radius 3 is 2.57 bits per heavy atom. The first-order chi connectivity index (χ1) is 13.4. The van der Waals surface area contributed by atoms with E-state index in [-0.39, 0.29) is 0 Å². The van der Waals surface area contributed by atoms with Crippen LogP contribution in [0.1, 0.15) is 10.4 Å². The third kappa shape index (κ3) is 3.93. The Balaban J connectivity index is 1.42. The standard InChI is InChI=1S/C20H20F3N3OS/c1-27-18-5-3-2-4-17(18)26-8-6-25(7-9-26)13-15-11-16-19(28-15)10-14(12-24-16)20(21,22)23/h2-5,10-12H,6-9,13H2,1H3. The van der Waals surface area contributed by atoms with E-state index in [1.807, 2.05) is 24.3 Å². The summed E-state index contributed by atoms with van der Waals surface area (Å²) in [6.45, 7) is 4.24. The number of pyridine rings is 1. The Labute approximate surface area is 165 Å². The molecule has 1 aromatic carbocycles. The lowest BCUT2D eigenvalue weighted by molar-refractivity contribution is -0.137. The first kappa shape index (κ1) is 19.0. The Bertz CT molecular complexity index is 965. The zero-order chi connectivity index (χ0) is 19.7. The number of fused-ring (bicyclic) bond motifs is 1. The number of hydrogen-bond acceptors (Lipinski definition) is 5. The van der Waals surface area contributed by atoms with E-state index in [0.29, 0.717) is 10.2 Å². The summed E-state index contributed by atoms with van der Waals surface area (Å²) in [4.78, 5) is 9.64. The van der Waals surface area contributed by atoms with E-state index in [1.165, 1.54) is 17.4 Å². The number of para-hydroxylation sites is 2. The van der Waals surface area contributed by atoms with Crippen LogP contribution in [-0.2, 0) is 12.7 Å². The molecule has 0 aliphatic carbocycles. The van der Waals surface area contributed by atoms with Gasteiger partial charge in [0.05, 0.1) is 28.6 Å². The number of piperazine rings is 1. The second-order valence-corrected chi connectivity index (χ2v) is 7.92. The Morgan fingerprint density at radius 1 is 1.11 bits per heavy atom. The first-order valence-corrected chi connectivity index (χ1v) is 9.81. The molecule has 1 saturated heterocycles. The summed E-state index contributed by atoms with van der Waals surface area (Å²) in [5.41, 5.74) is 1.02. The molecule has 28 heavy (non-hydrogen) atoms. The maximum Gasteiger partial charge on any atom is 0.417 e. The van der Waals surface area contributed by atoms with E-state index < -0.39 is 11.7 Å². The Hall–Kier alpha value is -2.32. The van der Waals surface area contributed by atoms with Gasteiger partial charge < -0.3 is 9.64 Å². The third-order valence-electron chi connectivity index (χ3n) is 4.93. The lowest BCUT2D eigenvalue weighted by Crippen LogP contribution is -2.45. The lowest BCUT2D eigenvalue weighted by Gasteiger charge is -2.36. The van der Waals surface area contributed by atoms with Crippen LogP contribution in [-0.4, -0.2) is 43.2 Å². The van der Waals surface area contributed by atoms with Gasteiger partial charge in [-0.05, 0) is 24.3 Å². The molecule has 2 aromatic heterocycles. The van der Waals surface area contributed by atoms with Crippen LogP contribution in [0.2, 0.25) is 0 Å². The summed E-state index contributed by atoms with van der Waals surface area (Å²) in [6.07, 6.45) is -3.45. The largest absolute Gasteiger partial charge is 0.495 e. The van der Waals surface area contributed by atoms with Gasteiger partial charge >= 0.3 is 6.18 Å². The van der Waals surface area contributed by atoms with Crippen molar-refractivity contribution in [1.82, 2.24) is 9.88 Å². The normalized spacial score (nSPS) is 15.9. The minimum absolute atomic E-state index is 0.581. The summed E-state index contributed by atoms with van der Waals surface area (Å²) in [5, 5.41) is 0. The number of thiophene rings is 1. The molecule has 0 amide bonds. The van der Waals surface area contributed by atoms with Gasteiger partial charge in [0, 0.05) is 43.8 Å². The highest BCUT2D eigenvalue weighted by atomic mass is 32.1. The molecule has 0 bridgehead atoms. The van der Waals surface area contributed by atoms with E-state index in [0.717, 1.165) is 55.2 Å². The van der Waals surface area contributed by atoms with E-state index >= 15 is 0 Å². The molecule has 0 atom stereocenters. The molecule has 0 spiro atoms. The molecule has 3 aromatic rings. The number of nitrogens with zero attached hydrogens (tertiary/aromatic N) is 3. The zero-order valence-corrected chi connectivity index (χ0v) is 16.2. The van der Waals surface area contributed by atoms with Crippen LogP contribution < -0.4 is 9.64 Å². The van der Waals surface area contributed by atoms with Gasteiger partial charge in [-0.25, -0.2) is 0 Å². The van der Waals surface area contributed by atoms with Crippen LogP contribution in [0.15, 0.2) is 42.6 Å². The monoisotopic (exact) mass is 407 g/mol. The van der Waals surface area contributed by atoms with Crippen molar-refractivity contribution >= 4 is 27.2 Å². The summed E-state index contributed by atoms with van der Waals surface area (Å²) in [7, 11) is 1.68. The molecule has 4 nitrogen and oxygen atoms in total. The van der Waals surface area contributed by atoms with Gasteiger partial charge in [-0.3, -0.25) is 9.88 Å². The quantitative estimate of drug-likeness (QED) is 0.630. The number of rotatable bonds is 4. The van der Waals surface area contributed by atoms with Crippen molar-refractivity contribution in [3.63, 3.8) is 0 Å². The SMILES string of the molecule is COc1ccccc1N1CCN(Cc2cc3ncc(C(F)(F)F)cc3s2)CC1. The Kier molecular flexibility index (Phi) is 5.16. The van der Waals surface area contributed by atoms with E-state index in [4.69, 9.17) is 4.74 Å². The van der Waals surface area contributed by atoms with Gasteiger partial charge in [-0.2, -0.15) is 13.2 Å². The second-order valence-electron chi connectivity index (χ2n) is 6.75. The number of halogens is 3. The number of aromatic nitrogens is 1. The molecular formula is C20H20F3N3OS. The fraction of sp³-hybridized carbons (Fsp3) is 0.350. The smallest absolute Gasteiger partial charge is 0.417 e. The van der Waals surface area contributed by atoms with Crippen LogP contribution >= 0.6 is 11.3 Å². The maximum atomic E-state index is 12.9. The van der Waals surface area contributed by atoms with Crippen LogP contribution in [0.4, 0.5) is 18.9 Å². The number of anilines is 1. The third-order valence-corrected chi connectivity index (χ3v) is 5.98. The number of ether oxygens (including phenoxy) is 1. The molecule has 1 aliphatic rings. The van der Waals surface area contributed by atoms with Gasteiger partial charge in [-0.1, -0.05) is 12.1 Å². The van der Waals surface area contributed by atoms with Crippen molar-refractivity contribution in [2.45, 2.75) is 12.7 Å². The summed E-state index contributed by atoms with van der Waals surface area (Å²) in [5.74, 6) is 0.868. The van der Waals surface area contributed by atoms with Crippen molar-refractivity contribution in [1.29, 1.82) is 0 Å². The van der Waals surface area contributed by atoms with E-state index in [9.17, 15) is 13.2 Å². The highest BCUT2D eigenvalue weighted by Gasteiger charge is 2.31. The van der Waals surface area contributed by atoms with Crippen molar-refractivity contribution in [3.8, 4) is 5.75 Å². The molecule has 3 heterocycles. The van der Waals surface area contributed by atoms with Crippen molar-refractivity contribution in [3.05, 3.63) is 53.0 Å². The van der Waals surface area contributed by atoms with Gasteiger partial charge in [0.2, 0.25) is 0 Å². The summed E-state index contributed by atoms with van der Waals surface area (Å²) in [6, 6.07) is 11.1. The van der Waals surface area contributed by atoms with Crippen LogP contribution in [0, 0.1) is 0 Å². The molecule has 1 fully saturated rings. The predicted octanol–water partition coefficient (Wildman–Crippen LogP) is 4.65. The van der Waals surface area contributed by atoms with Crippen molar-refractivity contribution < 1.29 is 17.9 Å². The van der Waals surface area contributed by atoms with Crippen LogP contribution in [0.5, 0.6) is 5.75 Å². The number of methoxy groups -OCH3 is 1. The minimum atomic E-state index is -4.36. The summed E-state index contributed by atoms with van der Waals surface area (Å²) >= 11 is 1.39.